The second-order valence-corrected chi connectivity index (χ2v) is 9.75. The van der Waals surface area contributed by atoms with E-state index in [9.17, 15) is 0 Å². The number of hydrogen-bond acceptors (Lipinski definition) is 8. The fraction of sp³-hybridized carbons (Fsp3) is 0.520. The van der Waals surface area contributed by atoms with Crippen LogP contribution in [0, 0.1) is 0 Å². The Labute approximate surface area is 199 Å². The molecule has 8 heteroatoms. The fourth-order valence-corrected chi connectivity index (χ4v) is 6.03. The molecule has 1 saturated heterocycles. The molecule has 3 heterocycles. The van der Waals surface area contributed by atoms with E-state index in [1.807, 2.05) is 24.3 Å². The third-order valence-electron chi connectivity index (χ3n) is 6.37. The van der Waals surface area contributed by atoms with Crippen LogP contribution in [0.15, 0.2) is 18.2 Å². The summed E-state index contributed by atoms with van der Waals surface area (Å²) >= 11 is 1.86. The van der Waals surface area contributed by atoms with Gasteiger partial charge in [0.25, 0.3) is 0 Å². The number of morpholine rings is 1. The van der Waals surface area contributed by atoms with Crippen molar-refractivity contribution in [3.8, 4) is 11.5 Å². The second kappa shape index (κ2) is 9.83. The molecule has 0 unspecified atom stereocenters. The van der Waals surface area contributed by atoms with Gasteiger partial charge < -0.3 is 19.1 Å². The van der Waals surface area contributed by atoms with Gasteiger partial charge in [0, 0.05) is 31.6 Å². The van der Waals surface area contributed by atoms with E-state index in [0.29, 0.717) is 6.61 Å². The summed E-state index contributed by atoms with van der Waals surface area (Å²) in [6, 6.07) is 6.16. The average molecular weight is 469 g/mol. The first-order chi connectivity index (χ1) is 16.2. The first-order valence-corrected chi connectivity index (χ1v) is 12.6. The van der Waals surface area contributed by atoms with E-state index in [0.717, 1.165) is 85.8 Å². The number of fused-ring (bicyclic) bond motifs is 3. The van der Waals surface area contributed by atoms with Gasteiger partial charge >= 0.3 is 0 Å². The van der Waals surface area contributed by atoms with Crippen LogP contribution in [0.5, 0.6) is 11.5 Å². The van der Waals surface area contributed by atoms with Crippen molar-refractivity contribution in [2.24, 2.45) is 0 Å². The van der Waals surface area contributed by atoms with Gasteiger partial charge in [0.05, 0.1) is 38.9 Å². The van der Waals surface area contributed by atoms with Crippen LogP contribution in [0.4, 0.5) is 5.82 Å². The van der Waals surface area contributed by atoms with Gasteiger partial charge in [-0.2, -0.15) is 0 Å². The van der Waals surface area contributed by atoms with Crippen molar-refractivity contribution in [3.63, 3.8) is 0 Å². The number of aryl methyl sites for hydroxylation is 2. The summed E-state index contributed by atoms with van der Waals surface area (Å²) in [4.78, 5) is 17.4. The van der Waals surface area contributed by atoms with Gasteiger partial charge in [-0.15, -0.1) is 11.3 Å². The van der Waals surface area contributed by atoms with Crippen LogP contribution in [-0.4, -0.2) is 61.9 Å². The van der Waals surface area contributed by atoms with Crippen molar-refractivity contribution in [1.82, 2.24) is 14.9 Å². The number of methoxy groups -OCH3 is 1. The predicted octanol–water partition coefficient (Wildman–Crippen LogP) is 4.06. The highest BCUT2D eigenvalue weighted by Gasteiger charge is 2.25. The van der Waals surface area contributed by atoms with E-state index in [2.05, 4.69) is 29.0 Å². The van der Waals surface area contributed by atoms with Crippen LogP contribution in [-0.2, 0) is 30.7 Å². The Morgan fingerprint density at radius 2 is 2.00 bits per heavy atom. The molecule has 7 nitrogen and oxygen atoms in total. The third kappa shape index (κ3) is 4.65. The van der Waals surface area contributed by atoms with Crippen LogP contribution < -0.4 is 14.4 Å². The number of anilines is 1. The zero-order valence-electron chi connectivity index (χ0n) is 19.7. The number of benzene rings is 1. The zero-order chi connectivity index (χ0) is 22.8. The Morgan fingerprint density at radius 1 is 1.15 bits per heavy atom. The van der Waals surface area contributed by atoms with Crippen LogP contribution in [0.1, 0.15) is 35.2 Å². The average Bonchev–Trinajstić information content (AvgIpc) is 3.41. The van der Waals surface area contributed by atoms with Gasteiger partial charge in [-0.1, -0.05) is 6.07 Å². The molecule has 1 aliphatic carbocycles. The van der Waals surface area contributed by atoms with E-state index < -0.39 is 0 Å². The minimum Gasteiger partial charge on any atom is -0.493 e. The molecule has 0 bridgehead atoms. The molecule has 5 rings (SSSR count). The lowest BCUT2D eigenvalue weighted by Crippen LogP contribution is -2.36. The molecule has 0 amide bonds. The molecule has 3 aromatic rings. The first kappa shape index (κ1) is 22.4. The summed E-state index contributed by atoms with van der Waals surface area (Å²) in [6.45, 7) is 7.51. The molecule has 0 spiro atoms. The van der Waals surface area contributed by atoms with Crippen molar-refractivity contribution < 1.29 is 14.2 Å². The molecule has 2 aliphatic rings. The summed E-state index contributed by atoms with van der Waals surface area (Å²) in [7, 11) is 3.81. The maximum atomic E-state index is 5.69. The SMILES string of the molecule is CCOc1ccc(CN(C)c2nc(CN3CCOCC3)nc3sc4c(c23)CCC4)cc1OC. The first-order valence-electron chi connectivity index (χ1n) is 11.8. The number of rotatable bonds is 8. The lowest BCUT2D eigenvalue weighted by atomic mass is 10.1. The number of hydrogen-bond donors (Lipinski definition) is 0. The maximum Gasteiger partial charge on any atom is 0.161 e. The Morgan fingerprint density at radius 3 is 2.79 bits per heavy atom. The van der Waals surface area contributed by atoms with E-state index in [4.69, 9.17) is 24.2 Å². The molecule has 176 valence electrons. The molecular formula is C25H32N4O3S. The Kier molecular flexibility index (Phi) is 6.66. The lowest BCUT2D eigenvalue weighted by molar-refractivity contribution is 0.0331. The number of thiophene rings is 1. The van der Waals surface area contributed by atoms with E-state index in [-0.39, 0.29) is 0 Å². The standard InChI is InChI=1S/C25H32N4O3S/c1-4-32-19-9-8-17(14-20(19)30-3)15-28(2)24-23-18-6-5-7-21(18)33-25(23)27-22(26-24)16-29-10-12-31-13-11-29/h8-9,14H,4-7,10-13,15-16H2,1-3H3. The Hall–Kier alpha value is -2.42. The normalized spacial score (nSPS) is 16.2. The molecular weight excluding hydrogens is 436 g/mol. The van der Waals surface area contributed by atoms with Gasteiger partial charge in [0.15, 0.2) is 11.5 Å². The molecule has 33 heavy (non-hydrogen) atoms. The molecule has 2 aromatic heterocycles. The number of ether oxygens (including phenoxy) is 3. The van der Waals surface area contributed by atoms with Crippen LogP contribution in [0.3, 0.4) is 0 Å². The molecule has 0 radical (unpaired) electrons. The van der Waals surface area contributed by atoms with Gasteiger partial charge in [0.1, 0.15) is 16.5 Å². The van der Waals surface area contributed by atoms with E-state index in [1.165, 1.54) is 22.2 Å². The van der Waals surface area contributed by atoms with Gasteiger partial charge in [-0.05, 0) is 49.4 Å². The predicted molar refractivity (Wildman–Crippen MR) is 132 cm³/mol. The number of nitrogens with zero attached hydrogens (tertiary/aromatic N) is 4. The Bertz CT molecular complexity index is 1130. The van der Waals surface area contributed by atoms with Gasteiger partial charge in [0.2, 0.25) is 0 Å². The van der Waals surface area contributed by atoms with Gasteiger partial charge in [-0.3, -0.25) is 4.90 Å². The molecule has 0 saturated carbocycles. The monoisotopic (exact) mass is 468 g/mol. The number of aromatic nitrogens is 2. The summed E-state index contributed by atoms with van der Waals surface area (Å²) < 4.78 is 16.8. The lowest BCUT2D eigenvalue weighted by Gasteiger charge is -2.26. The second-order valence-electron chi connectivity index (χ2n) is 8.66. The minimum absolute atomic E-state index is 0.615. The fourth-order valence-electron chi connectivity index (χ4n) is 4.76. The quantitative estimate of drug-likeness (QED) is 0.494. The topological polar surface area (TPSA) is 60.0 Å². The van der Waals surface area contributed by atoms with E-state index >= 15 is 0 Å². The summed E-state index contributed by atoms with van der Waals surface area (Å²) in [6.07, 6.45) is 3.51. The maximum absolute atomic E-state index is 5.69. The van der Waals surface area contributed by atoms with Gasteiger partial charge in [-0.25, -0.2) is 9.97 Å². The highest BCUT2D eigenvalue weighted by Crippen LogP contribution is 2.41. The van der Waals surface area contributed by atoms with Crippen LogP contribution in [0.25, 0.3) is 10.2 Å². The minimum atomic E-state index is 0.615. The van der Waals surface area contributed by atoms with Crippen molar-refractivity contribution in [1.29, 1.82) is 0 Å². The molecule has 1 aromatic carbocycles. The summed E-state index contributed by atoms with van der Waals surface area (Å²) in [5, 5.41) is 1.25. The molecule has 1 fully saturated rings. The zero-order valence-corrected chi connectivity index (χ0v) is 20.5. The highest BCUT2D eigenvalue weighted by molar-refractivity contribution is 7.19. The third-order valence-corrected chi connectivity index (χ3v) is 7.56. The largest absolute Gasteiger partial charge is 0.493 e. The molecule has 0 atom stereocenters. The van der Waals surface area contributed by atoms with Crippen molar-refractivity contribution in [2.45, 2.75) is 39.3 Å². The van der Waals surface area contributed by atoms with Crippen molar-refractivity contribution >= 4 is 27.4 Å². The van der Waals surface area contributed by atoms with Crippen LogP contribution >= 0.6 is 11.3 Å². The van der Waals surface area contributed by atoms with E-state index in [1.54, 1.807) is 7.11 Å². The summed E-state index contributed by atoms with van der Waals surface area (Å²) in [5.74, 6) is 3.48. The molecule has 1 aliphatic heterocycles. The summed E-state index contributed by atoms with van der Waals surface area (Å²) in [5.41, 5.74) is 2.62. The smallest absolute Gasteiger partial charge is 0.161 e. The Balaban J connectivity index is 1.47. The van der Waals surface area contributed by atoms with Crippen molar-refractivity contribution in [3.05, 3.63) is 40.0 Å². The van der Waals surface area contributed by atoms with Crippen LogP contribution in [0.2, 0.25) is 0 Å². The molecule has 0 N–H and O–H groups in total. The highest BCUT2D eigenvalue weighted by atomic mass is 32.1. The van der Waals surface area contributed by atoms with Crippen molar-refractivity contribution in [2.75, 3.05) is 52.0 Å².